The topological polar surface area (TPSA) is 35.6 Å². The summed E-state index contributed by atoms with van der Waals surface area (Å²) in [5, 5.41) is 30.0. The third-order valence-corrected chi connectivity index (χ3v) is 21.9. The van der Waals surface area contributed by atoms with Crippen LogP contribution in [0.1, 0.15) is 0 Å². The first-order chi connectivity index (χ1) is 52.5. The van der Waals surface area contributed by atoms with E-state index in [0.29, 0.717) is 0 Å². The quantitative estimate of drug-likeness (QED) is 0.165. The van der Waals surface area contributed by atoms with E-state index in [1.807, 2.05) is 0 Å². The number of para-hydroxylation sites is 3. The molecule has 0 aliphatic heterocycles. The van der Waals surface area contributed by atoms with Gasteiger partial charge in [0.15, 0.2) is 0 Å². The van der Waals surface area contributed by atoms with Crippen molar-refractivity contribution in [3.05, 3.63) is 388 Å². The monoisotopic (exact) mass is 1340 g/mol. The van der Waals surface area contributed by atoms with Crippen molar-refractivity contribution >= 4 is 184 Å². The minimum Gasteiger partial charge on any atom is -0.309 e. The lowest BCUT2D eigenvalue weighted by Crippen LogP contribution is -1.94. The predicted octanol–water partition coefficient (Wildman–Crippen LogP) is 27.8. The molecule has 0 saturated heterocycles. The van der Waals surface area contributed by atoms with E-state index in [2.05, 4.69) is 397 Å². The summed E-state index contributed by atoms with van der Waals surface area (Å²) in [6.07, 6.45) is 0. The van der Waals surface area contributed by atoms with Gasteiger partial charge in [0.05, 0.1) is 44.1 Å². The average molecular weight is 1350 g/mol. The predicted molar refractivity (Wildman–Crippen MR) is 454 cm³/mol. The second-order valence-electron chi connectivity index (χ2n) is 28.1. The summed E-state index contributed by atoms with van der Waals surface area (Å²) in [6, 6.07) is 143. The van der Waals surface area contributed by atoms with Crippen LogP contribution < -0.4 is 0 Å². The van der Waals surface area contributed by atoms with E-state index in [4.69, 9.17) is 9.97 Å². The van der Waals surface area contributed by atoms with Crippen LogP contribution in [0.4, 0.5) is 0 Å². The Hall–Kier alpha value is -14.1. The van der Waals surface area contributed by atoms with E-state index in [1.165, 1.54) is 70.4 Å². The molecular formula is C102H64N4. The van der Waals surface area contributed by atoms with Gasteiger partial charge in [-0.25, -0.2) is 9.97 Å². The van der Waals surface area contributed by atoms with Crippen molar-refractivity contribution in [3.8, 4) is 22.5 Å². The zero-order valence-electron chi connectivity index (χ0n) is 57.7. The van der Waals surface area contributed by atoms with Crippen LogP contribution in [0.15, 0.2) is 388 Å². The molecule has 0 N–H and O–H groups in total. The normalized spacial score (nSPS) is 11.8. The van der Waals surface area contributed by atoms with Crippen LogP contribution in [0.25, 0.3) is 207 Å². The molecule has 0 aliphatic rings. The first kappa shape index (κ1) is 60.7. The van der Waals surface area contributed by atoms with E-state index in [0.717, 1.165) is 136 Å². The fourth-order valence-electron chi connectivity index (χ4n) is 16.4. The van der Waals surface area contributed by atoms with Crippen LogP contribution in [0, 0.1) is 0 Å². The van der Waals surface area contributed by atoms with Gasteiger partial charge < -0.3 is 9.13 Å². The van der Waals surface area contributed by atoms with Crippen molar-refractivity contribution in [2.24, 2.45) is 0 Å². The summed E-state index contributed by atoms with van der Waals surface area (Å²) < 4.78 is 4.88. The minimum absolute atomic E-state index is 0.895. The zero-order valence-corrected chi connectivity index (χ0v) is 57.7. The van der Waals surface area contributed by atoms with Crippen LogP contribution in [0.3, 0.4) is 0 Å². The zero-order chi connectivity index (χ0) is 69.8. The molecule has 4 heteroatoms. The Morgan fingerprint density at radius 2 is 0.453 bits per heavy atom. The van der Waals surface area contributed by atoms with Crippen molar-refractivity contribution in [2.45, 2.75) is 0 Å². The SMILES string of the molecule is c1ccc(-n2c3ccccc3c3c4c5cc(-c6cc7cc(c6)c6cccc(c6)c6ccc(cc6)c6cccc(c6)c6ccc(cc6)c6ccc(cc6)c6ccc8ccc9ccc(nc9c8n6)c6ccc(cc6)c6ccc(cc6)c6ccc(cc6)c6cccc7c6)ccc5n(-c5ccccc5)c4ccc32)cc1. The molecular weight excluding hydrogens is 1280 g/mol. The lowest BCUT2D eigenvalue weighted by atomic mass is 9.96. The van der Waals surface area contributed by atoms with Crippen molar-refractivity contribution in [1.29, 1.82) is 0 Å². The maximum Gasteiger partial charge on any atom is 0.0972 e. The Bertz CT molecular complexity index is 7520. The average Bonchev–Trinajstić information content (AvgIpc) is 1.54. The highest BCUT2D eigenvalue weighted by Crippen LogP contribution is 2.44. The van der Waals surface area contributed by atoms with Crippen LogP contribution in [0.5, 0.6) is 0 Å². The minimum atomic E-state index is 0.895. The maximum absolute atomic E-state index is 5.31. The first-order valence-electron chi connectivity index (χ1n) is 36.4. The highest BCUT2D eigenvalue weighted by molar-refractivity contribution is 6.29. The molecule has 492 valence electrons. The third kappa shape index (κ3) is 10.5. The van der Waals surface area contributed by atoms with Gasteiger partial charge in [-0.15, -0.1) is 0 Å². The van der Waals surface area contributed by atoms with Gasteiger partial charge in [-0.2, -0.15) is 0 Å². The van der Waals surface area contributed by atoms with E-state index < -0.39 is 0 Å². The number of aromatic nitrogens is 4. The Kier molecular flexibility index (Phi) is 14.2. The molecule has 29 aromatic rings. The van der Waals surface area contributed by atoms with Crippen LogP contribution in [-0.2, 0) is 0 Å². The molecule has 16 aromatic carbocycles. The molecule has 0 spiro atoms. The Morgan fingerprint density at radius 3 is 0.849 bits per heavy atom. The number of nitrogens with zero attached hydrogens (tertiary/aromatic N) is 4. The molecule has 29 rings (SSSR count). The lowest BCUT2D eigenvalue weighted by Gasteiger charge is -2.09. The molecule has 13 heterocycles. The van der Waals surface area contributed by atoms with Crippen molar-refractivity contribution in [2.75, 3.05) is 0 Å². The summed E-state index contributed by atoms with van der Waals surface area (Å²) in [5.41, 5.74) is 12.9. The Balaban J connectivity index is 0.757. The van der Waals surface area contributed by atoms with Gasteiger partial charge in [-0.05, 0) is 211 Å². The van der Waals surface area contributed by atoms with Crippen LogP contribution in [-0.4, -0.2) is 19.1 Å². The summed E-state index contributed by atoms with van der Waals surface area (Å²) in [4.78, 5) is 10.6. The van der Waals surface area contributed by atoms with Gasteiger partial charge in [0, 0.05) is 54.5 Å². The van der Waals surface area contributed by atoms with Crippen LogP contribution in [0.2, 0.25) is 0 Å². The number of benzene rings is 16. The summed E-state index contributed by atoms with van der Waals surface area (Å²) in [7, 11) is 0. The maximum atomic E-state index is 5.31. The molecule has 0 amide bonds. The van der Waals surface area contributed by atoms with Gasteiger partial charge in [0.1, 0.15) is 0 Å². The lowest BCUT2D eigenvalue weighted by molar-refractivity contribution is 1.17. The molecule has 106 heavy (non-hydrogen) atoms. The standard InChI is InChI=1S/C102H64N4/c1-3-18-89(19-4-1)105-95-23-8-7-22-91(95)99-97(105)56-57-98-100(99)92-64-85(52-55-96(92)106(98)90-20-5-2-6-21-90)88-62-86-61-87(63-88)84-17-11-15-82(60-84)74-38-36-73(37-39-74)80-13-9-12-79(58-80)71-32-30-68(31-33-71)70-42-46-76(47-43-70)94-54-51-78-49-48-77-50-53-93(103-101(77)102(78)104-94)75-44-40-69(41-45-75)66-26-24-65(25-27-66)67-28-34-72(35-29-67)81-14-10-16-83(86)59-81/h1-64H. The number of hydrogen-bond donors (Lipinski definition) is 0. The van der Waals surface area contributed by atoms with Gasteiger partial charge in [-0.1, -0.05) is 285 Å². The Labute approximate surface area is 610 Å². The molecule has 0 radical (unpaired) electrons. The highest BCUT2D eigenvalue weighted by Gasteiger charge is 2.22. The number of fused-ring (bicyclic) bond motifs is 9. The molecule has 0 aliphatic carbocycles. The largest absolute Gasteiger partial charge is 0.309 e. The fourth-order valence-corrected chi connectivity index (χ4v) is 16.4. The molecule has 0 saturated carbocycles. The summed E-state index contributed by atoms with van der Waals surface area (Å²) >= 11 is 0. The van der Waals surface area contributed by atoms with Crippen molar-refractivity contribution in [3.63, 3.8) is 0 Å². The van der Waals surface area contributed by atoms with E-state index in [-0.39, 0.29) is 0 Å². The number of hydrogen-bond acceptors (Lipinski definition) is 2. The fraction of sp³-hybridized carbons (Fsp3) is 0. The molecule has 24 bridgehead atoms. The summed E-state index contributed by atoms with van der Waals surface area (Å²) in [5.74, 6) is 0. The smallest absolute Gasteiger partial charge is 0.0972 e. The van der Waals surface area contributed by atoms with Crippen LogP contribution >= 0.6 is 0 Å². The molecule has 4 nitrogen and oxygen atoms in total. The highest BCUT2D eigenvalue weighted by atomic mass is 15.0. The summed E-state index contributed by atoms with van der Waals surface area (Å²) in [6.45, 7) is 0. The molecule has 13 aromatic heterocycles. The van der Waals surface area contributed by atoms with E-state index in [1.54, 1.807) is 0 Å². The van der Waals surface area contributed by atoms with E-state index in [9.17, 15) is 0 Å². The van der Waals surface area contributed by atoms with Gasteiger partial charge in [-0.3, -0.25) is 0 Å². The van der Waals surface area contributed by atoms with Crippen molar-refractivity contribution < 1.29 is 0 Å². The third-order valence-electron chi connectivity index (χ3n) is 21.9. The van der Waals surface area contributed by atoms with Gasteiger partial charge >= 0.3 is 0 Å². The van der Waals surface area contributed by atoms with Crippen molar-refractivity contribution in [1.82, 2.24) is 19.1 Å². The van der Waals surface area contributed by atoms with E-state index >= 15 is 0 Å². The number of rotatable bonds is 3. The van der Waals surface area contributed by atoms with Gasteiger partial charge in [0.25, 0.3) is 0 Å². The second-order valence-corrected chi connectivity index (χ2v) is 28.1. The Morgan fingerprint density at radius 1 is 0.160 bits per heavy atom. The first-order valence-corrected chi connectivity index (χ1v) is 36.4. The number of pyridine rings is 2. The molecule has 0 unspecified atom stereocenters. The molecule has 0 fully saturated rings. The molecule has 0 atom stereocenters. The second kappa shape index (κ2) is 24.9. The van der Waals surface area contributed by atoms with Gasteiger partial charge in [0.2, 0.25) is 0 Å².